The summed E-state index contributed by atoms with van der Waals surface area (Å²) in [6.07, 6.45) is 0. The van der Waals surface area contributed by atoms with Crippen LogP contribution in [0.25, 0.3) is 10.1 Å². The molecular weight excluding hydrogens is 223 g/mol. The van der Waals surface area contributed by atoms with E-state index in [9.17, 15) is 19.3 Å². The molecule has 0 N–H and O–H groups in total. The normalized spacial score (nSPS) is 10.8. The van der Waals surface area contributed by atoms with E-state index < -0.39 is 16.3 Å². The molecule has 0 spiro atoms. The highest BCUT2D eigenvalue weighted by Crippen LogP contribution is 2.25. The number of nitrogens with zero attached hydrogens (tertiary/aromatic N) is 2. The standard InChI is InChI=1S/C8H5FN2O3S/c1-10-8(12)7-5(9)2-4(11(13)14)3-6(7)15-10/h2-3H,1H3. The molecule has 2 rings (SSSR count). The van der Waals surface area contributed by atoms with Gasteiger partial charge in [0.25, 0.3) is 11.2 Å². The number of benzene rings is 1. The average molecular weight is 228 g/mol. The minimum absolute atomic E-state index is 0.0897. The van der Waals surface area contributed by atoms with E-state index in [1.54, 1.807) is 0 Å². The number of fused-ring (bicyclic) bond motifs is 1. The van der Waals surface area contributed by atoms with Crippen LogP contribution in [0.2, 0.25) is 0 Å². The molecule has 1 aromatic heterocycles. The molecular formula is C8H5FN2O3S. The smallest absolute Gasteiger partial charge is 0.268 e. The molecule has 0 unspecified atom stereocenters. The maximum absolute atomic E-state index is 13.4. The third-order valence-corrected chi connectivity index (χ3v) is 2.94. The van der Waals surface area contributed by atoms with E-state index in [1.807, 2.05) is 0 Å². The molecule has 0 aliphatic heterocycles. The Morgan fingerprint density at radius 3 is 2.80 bits per heavy atom. The zero-order valence-corrected chi connectivity index (χ0v) is 8.38. The van der Waals surface area contributed by atoms with Crippen LogP contribution in [0, 0.1) is 15.9 Å². The fourth-order valence-electron chi connectivity index (χ4n) is 1.30. The van der Waals surface area contributed by atoms with Gasteiger partial charge in [-0.15, -0.1) is 0 Å². The Bertz CT molecular complexity index is 616. The van der Waals surface area contributed by atoms with Gasteiger partial charge in [-0.3, -0.25) is 18.9 Å². The third-order valence-electron chi connectivity index (χ3n) is 1.98. The Labute approximate surface area is 86.7 Å². The molecule has 0 bridgehead atoms. The van der Waals surface area contributed by atoms with Crippen LogP contribution in [0.5, 0.6) is 0 Å². The van der Waals surface area contributed by atoms with E-state index in [4.69, 9.17) is 0 Å². The molecule has 0 atom stereocenters. The van der Waals surface area contributed by atoms with E-state index in [2.05, 4.69) is 0 Å². The van der Waals surface area contributed by atoms with E-state index >= 15 is 0 Å². The van der Waals surface area contributed by atoms with Crippen molar-refractivity contribution in [3.05, 3.63) is 38.4 Å². The summed E-state index contributed by atoms with van der Waals surface area (Å²) in [6, 6.07) is 1.96. The molecule has 1 aromatic carbocycles. The SMILES string of the molecule is Cn1sc2cc([N+](=O)[O-])cc(F)c2c1=O. The number of nitro groups is 1. The first-order valence-electron chi connectivity index (χ1n) is 3.94. The van der Waals surface area contributed by atoms with Gasteiger partial charge in [0.1, 0.15) is 5.82 Å². The topological polar surface area (TPSA) is 65.1 Å². The van der Waals surface area contributed by atoms with Crippen molar-refractivity contribution in [2.45, 2.75) is 0 Å². The molecule has 0 amide bonds. The van der Waals surface area contributed by atoms with Crippen LogP contribution >= 0.6 is 11.5 Å². The minimum atomic E-state index is -0.846. The summed E-state index contributed by atoms with van der Waals surface area (Å²) in [6.45, 7) is 0. The van der Waals surface area contributed by atoms with E-state index in [-0.39, 0.29) is 15.8 Å². The summed E-state index contributed by atoms with van der Waals surface area (Å²) >= 11 is 0.984. The summed E-state index contributed by atoms with van der Waals surface area (Å²) in [7, 11) is 1.48. The van der Waals surface area contributed by atoms with E-state index in [0.29, 0.717) is 0 Å². The van der Waals surface area contributed by atoms with Crippen molar-refractivity contribution < 1.29 is 9.31 Å². The highest BCUT2D eigenvalue weighted by molar-refractivity contribution is 7.13. The second-order valence-electron chi connectivity index (χ2n) is 2.95. The van der Waals surface area contributed by atoms with Gasteiger partial charge in [0.05, 0.1) is 21.1 Å². The highest BCUT2D eigenvalue weighted by Gasteiger charge is 2.16. The van der Waals surface area contributed by atoms with Crippen LogP contribution in [-0.2, 0) is 7.05 Å². The quantitative estimate of drug-likeness (QED) is 0.550. The maximum atomic E-state index is 13.4. The number of halogens is 1. The lowest BCUT2D eigenvalue weighted by atomic mass is 10.2. The Kier molecular flexibility index (Phi) is 2.04. The van der Waals surface area contributed by atoms with Crippen LogP contribution in [0.3, 0.4) is 0 Å². The zero-order chi connectivity index (χ0) is 11.2. The number of aryl methyl sites for hydroxylation is 1. The van der Waals surface area contributed by atoms with Gasteiger partial charge in [-0.05, 0) is 0 Å². The Balaban J connectivity index is 2.90. The summed E-state index contributed by atoms with van der Waals surface area (Å²) in [4.78, 5) is 21.2. The molecule has 0 fully saturated rings. The van der Waals surface area contributed by atoms with Crippen molar-refractivity contribution in [3.63, 3.8) is 0 Å². The third kappa shape index (κ3) is 1.40. The number of aromatic nitrogens is 1. The first-order valence-corrected chi connectivity index (χ1v) is 4.72. The van der Waals surface area contributed by atoms with Crippen molar-refractivity contribution in [2.24, 2.45) is 7.05 Å². The fraction of sp³-hybridized carbons (Fsp3) is 0.125. The Hall–Kier alpha value is -1.76. The lowest BCUT2D eigenvalue weighted by molar-refractivity contribution is -0.384. The molecule has 7 heteroatoms. The van der Waals surface area contributed by atoms with Gasteiger partial charge < -0.3 is 0 Å². The molecule has 0 saturated heterocycles. The minimum Gasteiger partial charge on any atom is -0.268 e. The van der Waals surface area contributed by atoms with E-state index in [1.165, 1.54) is 17.1 Å². The molecule has 0 aliphatic carbocycles. The number of hydrogen-bond donors (Lipinski definition) is 0. The van der Waals surface area contributed by atoms with Crippen LogP contribution in [0.15, 0.2) is 16.9 Å². The Morgan fingerprint density at radius 1 is 1.53 bits per heavy atom. The molecule has 15 heavy (non-hydrogen) atoms. The van der Waals surface area contributed by atoms with Gasteiger partial charge in [0, 0.05) is 13.1 Å². The molecule has 0 radical (unpaired) electrons. The zero-order valence-electron chi connectivity index (χ0n) is 7.56. The van der Waals surface area contributed by atoms with Gasteiger partial charge in [-0.2, -0.15) is 0 Å². The number of hydrogen-bond acceptors (Lipinski definition) is 4. The van der Waals surface area contributed by atoms with Crippen molar-refractivity contribution in [1.82, 2.24) is 3.96 Å². The van der Waals surface area contributed by atoms with Crippen LogP contribution in [0.1, 0.15) is 0 Å². The van der Waals surface area contributed by atoms with Gasteiger partial charge in [-0.25, -0.2) is 4.39 Å². The average Bonchev–Trinajstić information content (AvgIpc) is 2.42. The van der Waals surface area contributed by atoms with Crippen molar-refractivity contribution in [1.29, 1.82) is 0 Å². The first kappa shape index (κ1) is 9.78. The molecule has 5 nitrogen and oxygen atoms in total. The highest BCUT2D eigenvalue weighted by atomic mass is 32.1. The summed E-state index contributed by atoms with van der Waals surface area (Å²) in [5.41, 5.74) is -0.816. The lowest BCUT2D eigenvalue weighted by Crippen LogP contribution is -2.09. The van der Waals surface area contributed by atoms with Crippen molar-refractivity contribution in [3.8, 4) is 0 Å². The number of rotatable bonds is 1. The lowest BCUT2D eigenvalue weighted by Gasteiger charge is -1.91. The maximum Gasteiger partial charge on any atom is 0.273 e. The summed E-state index contributed by atoms with van der Waals surface area (Å²) < 4.78 is 14.9. The number of nitro benzene ring substituents is 1. The number of non-ortho nitro benzene ring substituents is 1. The summed E-state index contributed by atoms with van der Waals surface area (Å²) in [5.74, 6) is -0.846. The van der Waals surface area contributed by atoms with Crippen LogP contribution in [0.4, 0.5) is 10.1 Å². The summed E-state index contributed by atoms with van der Waals surface area (Å²) in [5, 5.41) is 10.4. The fourth-order valence-corrected chi connectivity index (χ4v) is 2.22. The Morgan fingerprint density at radius 2 is 2.20 bits per heavy atom. The molecule has 0 aliphatic rings. The van der Waals surface area contributed by atoms with Gasteiger partial charge in [-0.1, -0.05) is 11.5 Å². The molecule has 1 heterocycles. The molecule has 2 aromatic rings. The van der Waals surface area contributed by atoms with Crippen molar-refractivity contribution >= 4 is 27.3 Å². The van der Waals surface area contributed by atoms with Crippen LogP contribution < -0.4 is 5.56 Å². The predicted molar refractivity (Wildman–Crippen MR) is 53.7 cm³/mol. The van der Waals surface area contributed by atoms with Crippen LogP contribution in [-0.4, -0.2) is 8.88 Å². The second kappa shape index (κ2) is 3.13. The largest absolute Gasteiger partial charge is 0.273 e. The van der Waals surface area contributed by atoms with Crippen molar-refractivity contribution in [2.75, 3.05) is 0 Å². The molecule has 78 valence electrons. The van der Waals surface area contributed by atoms with E-state index in [0.717, 1.165) is 17.6 Å². The predicted octanol–water partition coefficient (Wildman–Crippen LogP) is 1.65. The molecule has 0 saturated carbocycles. The first-order chi connectivity index (χ1) is 7.00. The van der Waals surface area contributed by atoms with Gasteiger partial charge >= 0.3 is 0 Å². The van der Waals surface area contributed by atoms with Gasteiger partial charge in [0.15, 0.2) is 0 Å². The second-order valence-corrected chi connectivity index (χ2v) is 4.12. The van der Waals surface area contributed by atoms with Gasteiger partial charge in [0.2, 0.25) is 0 Å². The monoisotopic (exact) mass is 228 g/mol.